The molecule has 0 bridgehead atoms. The molecular weight excluding hydrogens is 337 g/mol. The van der Waals surface area contributed by atoms with Crippen molar-refractivity contribution in [2.24, 2.45) is 0 Å². The lowest BCUT2D eigenvalue weighted by Gasteiger charge is -2.18. The second-order valence-corrected chi connectivity index (χ2v) is 5.45. The summed E-state index contributed by atoms with van der Waals surface area (Å²) in [4.78, 5) is 16.8. The van der Waals surface area contributed by atoms with Crippen LogP contribution in [0.5, 0.6) is 17.4 Å². The highest BCUT2D eigenvalue weighted by molar-refractivity contribution is 5.80. The molecule has 2 rings (SSSR count). The van der Waals surface area contributed by atoms with Gasteiger partial charge in [0, 0.05) is 26.4 Å². The zero-order valence-corrected chi connectivity index (χ0v) is 13.9. The van der Waals surface area contributed by atoms with E-state index in [1.165, 1.54) is 4.90 Å². The minimum atomic E-state index is -4.44. The highest BCUT2D eigenvalue weighted by Crippen LogP contribution is 2.30. The Morgan fingerprint density at radius 2 is 1.68 bits per heavy atom. The Kier molecular flexibility index (Phi) is 5.51. The number of ether oxygens (including phenoxy) is 2. The van der Waals surface area contributed by atoms with Crippen LogP contribution in [0.4, 0.5) is 13.2 Å². The number of rotatable bonds is 5. The number of carbonyl (C=O) groups is 1. The third-order valence-electron chi connectivity index (χ3n) is 3.21. The highest BCUT2D eigenvalue weighted by atomic mass is 19.4. The highest BCUT2D eigenvalue weighted by Gasteiger charge is 2.30. The van der Waals surface area contributed by atoms with Gasteiger partial charge in [0.05, 0.1) is 5.56 Å². The van der Waals surface area contributed by atoms with Crippen LogP contribution < -0.4 is 9.47 Å². The summed E-state index contributed by atoms with van der Waals surface area (Å²) in [5, 5.41) is 0. The van der Waals surface area contributed by atoms with Crippen LogP contribution in [0.25, 0.3) is 0 Å². The van der Waals surface area contributed by atoms with Crippen LogP contribution in [0, 0.1) is 0 Å². The van der Waals surface area contributed by atoms with Crippen LogP contribution in [0.3, 0.4) is 0 Å². The number of halogens is 3. The maximum absolute atomic E-state index is 12.5. The molecule has 0 saturated carbocycles. The van der Waals surface area contributed by atoms with Crippen molar-refractivity contribution in [3.63, 3.8) is 0 Å². The van der Waals surface area contributed by atoms with Gasteiger partial charge < -0.3 is 14.4 Å². The van der Waals surface area contributed by atoms with Gasteiger partial charge in [0.1, 0.15) is 11.5 Å². The van der Waals surface area contributed by atoms with Crippen LogP contribution >= 0.6 is 0 Å². The van der Waals surface area contributed by atoms with Crippen LogP contribution in [-0.2, 0) is 11.0 Å². The molecule has 0 spiro atoms. The van der Waals surface area contributed by atoms with E-state index < -0.39 is 17.8 Å². The number of pyridine rings is 1. The summed E-state index contributed by atoms with van der Waals surface area (Å²) in [7, 11) is 3.27. The van der Waals surface area contributed by atoms with Crippen molar-refractivity contribution < 1.29 is 27.4 Å². The van der Waals surface area contributed by atoms with Crippen LogP contribution in [0.1, 0.15) is 12.5 Å². The molecule has 0 aliphatic heterocycles. The van der Waals surface area contributed by atoms with Gasteiger partial charge in [-0.25, -0.2) is 4.98 Å². The largest absolute Gasteiger partial charge is 0.481 e. The van der Waals surface area contributed by atoms with Crippen molar-refractivity contribution in [2.75, 3.05) is 14.1 Å². The molecule has 0 saturated heterocycles. The number of alkyl halides is 3. The summed E-state index contributed by atoms with van der Waals surface area (Å²) in [6.07, 6.45) is -4.37. The van der Waals surface area contributed by atoms with E-state index in [2.05, 4.69) is 4.98 Å². The maximum Gasteiger partial charge on any atom is 0.417 e. The number of hydrogen-bond donors (Lipinski definition) is 0. The summed E-state index contributed by atoms with van der Waals surface area (Å²) in [6.45, 7) is 1.64. The van der Waals surface area contributed by atoms with Gasteiger partial charge in [0.15, 0.2) is 6.10 Å². The number of benzene rings is 1. The molecule has 2 aromatic rings. The molecule has 0 aliphatic carbocycles. The van der Waals surface area contributed by atoms with Gasteiger partial charge in [-0.05, 0) is 37.3 Å². The minimum absolute atomic E-state index is 0.0396. The first-order chi connectivity index (χ1) is 11.7. The molecule has 1 aromatic heterocycles. The SMILES string of the molecule is CC(Oc1ccc(Oc2ccc(C(F)(F)F)cn2)cc1)C(=O)N(C)C. The van der Waals surface area contributed by atoms with Crippen molar-refractivity contribution in [1.29, 1.82) is 0 Å². The molecule has 25 heavy (non-hydrogen) atoms. The fraction of sp³-hybridized carbons (Fsp3) is 0.294. The number of hydrogen-bond acceptors (Lipinski definition) is 4. The van der Waals surface area contributed by atoms with E-state index in [1.807, 2.05) is 0 Å². The van der Waals surface area contributed by atoms with E-state index in [4.69, 9.17) is 9.47 Å². The van der Waals surface area contributed by atoms with Gasteiger partial charge in [0.25, 0.3) is 5.91 Å². The van der Waals surface area contributed by atoms with E-state index in [9.17, 15) is 18.0 Å². The fourth-order valence-corrected chi connectivity index (χ4v) is 1.93. The third kappa shape index (κ3) is 5.10. The molecule has 0 N–H and O–H groups in total. The number of nitrogens with zero attached hydrogens (tertiary/aromatic N) is 2. The maximum atomic E-state index is 12.5. The molecule has 1 amide bonds. The predicted octanol–water partition coefficient (Wildman–Crippen LogP) is 3.75. The standard InChI is InChI=1S/C17H17F3N2O3/c1-11(16(23)22(2)3)24-13-5-7-14(8-6-13)25-15-9-4-12(10-21-15)17(18,19)20/h4-11H,1-3H3. The van der Waals surface area contributed by atoms with Crippen LogP contribution in [-0.4, -0.2) is 36.0 Å². The summed E-state index contributed by atoms with van der Waals surface area (Å²) in [5.74, 6) is 0.716. The molecule has 1 aromatic carbocycles. The predicted molar refractivity (Wildman–Crippen MR) is 84.5 cm³/mol. The van der Waals surface area contributed by atoms with Gasteiger partial charge in [-0.1, -0.05) is 0 Å². The zero-order valence-electron chi connectivity index (χ0n) is 13.9. The van der Waals surface area contributed by atoms with E-state index in [0.717, 1.165) is 12.1 Å². The molecule has 1 heterocycles. The Labute approximate surface area is 143 Å². The molecule has 1 unspecified atom stereocenters. The Hall–Kier alpha value is -2.77. The molecule has 0 fully saturated rings. The van der Waals surface area contributed by atoms with Gasteiger partial charge >= 0.3 is 6.18 Å². The average Bonchev–Trinajstić information content (AvgIpc) is 2.55. The number of amides is 1. The Bertz CT molecular complexity index is 713. The lowest BCUT2D eigenvalue weighted by Crippen LogP contribution is -2.35. The number of aromatic nitrogens is 1. The van der Waals surface area contributed by atoms with Crippen LogP contribution in [0.2, 0.25) is 0 Å². The lowest BCUT2D eigenvalue weighted by molar-refractivity contribution is -0.138. The van der Waals surface area contributed by atoms with E-state index >= 15 is 0 Å². The molecule has 134 valence electrons. The monoisotopic (exact) mass is 354 g/mol. The fourth-order valence-electron chi connectivity index (χ4n) is 1.93. The van der Waals surface area contributed by atoms with Gasteiger partial charge in [0.2, 0.25) is 5.88 Å². The third-order valence-corrected chi connectivity index (χ3v) is 3.21. The minimum Gasteiger partial charge on any atom is -0.481 e. The first-order valence-electron chi connectivity index (χ1n) is 7.36. The van der Waals surface area contributed by atoms with Gasteiger partial charge in [-0.3, -0.25) is 4.79 Å². The lowest BCUT2D eigenvalue weighted by atomic mass is 10.3. The van der Waals surface area contributed by atoms with E-state index in [-0.39, 0.29) is 11.8 Å². The topological polar surface area (TPSA) is 51.7 Å². The Balaban J connectivity index is 1.99. The zero-order chi connectivity index (χ0) is 18.6. The average molecular weight is 354 g/mol. The second-order valence-electron chi connectivity index (χ2n) is 5.45. The van der Waals surface area contributed by atoms with E-state index in [1.54, 1.807) is 45.3 Å². The summed E-state index contributed by atoms with van der Waals surface area (Å²) in [5.41, 5.74) is -0.844. The van der Waals surface area contributed by atoms with Crippen molar-refractivity contribution >= 4 is 5.91 Å². The summed E-state index contributed by atoms with van der Waals surface area (Å²) >= 11 is 0. The normalized spacial score (nSPS) is 12.4. The van der Waals surface area contributed by atoms with Crippen molar-refractivity contribution in [3.05, 3.63) is 48.2 Å². The molecule has 0 radical (unpaired) electrons. The molecule has 5 nitrogen and oxygen atoms in total. The smallest absolute Gasteiger partial charge is 0.417 e. The summed E-state index contributed by atoms with van der Waals surface area (Å²) in [6, 6.07) is 8.38. The first-order valence-corrected chi connectivity index (χ1v) is 7.36. The number of carbonyl (C=O) groups excluding carboxylic acids is 1. The van der Waals surface area contributed by atoms with Crippen molar-refractivity contribution in [2.45, 2.75) is 19.2 Å². The number of likely N-dealkylation sites (N-methyl/N-ethyl adjacent to an activating group) is 1. The van der Waals surface area contributed by atoms with Gasteiger partial charge in [-0.15, -0.1) is 0 Å². The quantitative estimate of drug-likeness (QED) is 0.821. The van der Waals surface area contributed by atoms with E-state index in [0.29, 0.717) is 17.7 Å². The molecule has 1 atom stereocenters. The molecule has 8 heteroatoms. The first kappa shape index (κ1) is 18.6. The van der Waals surface area contributed by atoms with Gasteiger partial charge in [-0.2, -0.15) is 13.2 Å². The van der Waals surface area contributed by atoms with Crippen molar-refractivity contribution in [1.82, 2.24) is 9.88 Å². The Morgan fingerprint density at radius 3 is 2.16 bits per heavy atom. The van der Waals surface area contributed by atoms with Crippen LogP contribution in [0.15, 0.2) is 42.6 Å². The molecule has 0 aliphatic rings. The summed E-state index contributed by atoms with van der Waals surface area (Å²) < 4.78 is 48.3. The second kappa shape index (κ2) is 7.42. The molecular formula is C17H17F3N2O3. The Morgan fingerprint density at radius 1 is 1.08 bits per heavy atom. The van der Waals surface area contributed by atoms with Crippen molar-refractivity contribution in [3.8, 4) is 17.4 Å².